The van der Waals surface area contributed by atoms with E-state index in [2.05, 4.69) is 25.1 Å². The SMILES string of the molecule is C[C@H]1CCc2c(sc3nc(S[C@H](C)C#N)n(CCc4ccccc4)c(=O)c23)C1. The van der Waals surface area contributed by atoms with Gasteiger partial charge in [-0.3, -0.25) is 9.36 Å². The Balaban J connectivity index is 1.80. The molecule has 0 saturated carbocycles. The molecule has 0 spiro atoms. The summed E-state index contributed by atoms with van der Waals surface area (Å²) in [7, 11) is 0. The molecule has 28 heavy (non-hydrogen) atoms. The summed E-state index contributed by atoms with van der Waals surface area (Å²) in [6.07, 6.45) is 3.90. The molecule has 0 radical (unpaired) electrons. The maximum atomic E-state index is 13.5. The fourth-order valence-corrected chi connectivity index (χ4v) is 6.01. The van der Waals surface area contributed by atoms with Crippen LogP contribution in [-0.2, 0) is 25.8 Å². The molecule has 2 heterocycles. The van der Waals surface area contributed by atoms with E-state index in [0.29, 0.717) is 17.6 Å². The predicted molar refractivity (Wildman–Crippen MR) is 116 cm³/mol. The summed E-state index contributed by atoms with van der Waals surface area (Å²) in [5.74, 6) is 0.660. The van der Waals surface area contributed by atoms with Crippen LogP contribution < -0.4 is 5.56 Å². The van der Waals surface area contributed by atoms with Crippen LogP contribution >= 0.6 is 23.1 Å². The summed E-state index contributed by atoms with van der Waals surface area (Å²) in [6, 6.07) is 12.4. The molecule has 0 N–H and O–H groups in total. The molecule has 0 fully saturated rings. The average Bonchev–Trinajstić information content (AvgIpc) is 3.05. The highest BCUT2D eigenvalue weighted by molar-refractivity contribution is 8.00. The van der Waals surface area contributed by atoms with Crippen molar-refractivity contribution in [2.45, 2.75) is 56.5 Å². The monoisotopic (exact) mass is 409 g/mol. The number of hydrogen-bond donors (Lipinski definition) is 0. The molecular formula is C22H23N3OS2. The number of aromatic nitrogens is 2. The van der Waals surface area contributed by atoms with Crippen molar-refractivity contribution in [3.8, 4) is 6.07 Å². The van der Waals surface area contributed by atoms with Gasteiger partial charge in [0.25, 0.3) is 5.56 Å². The van der Waals surface area contributed by atoms with Crippen molar-refractivity contribution in [2.75, 3.05) is 0 Å². The molecule has 1 aromatic carbocycles. The first kappa shape index (κ1) is 19.2. The van der Waals surface area contributed by atoms with Gasteiger partial charge >= 0.3 is 0 Å². The van der Waals surface area contributed by atoms with Crippen LogP contribution in [0.25, 0.3) is 10.2 Å². The molecular weight excluding hydrogens is 386 g/mol. The van der Waals surface area contributed by atoms with Gasteiger partial charge in [0.15, 0.2) is 5.16 Å². The van der Waals surface area contributed by atoms with E-state index >= 15 is 0 Å². The summed E-state index contributed by atoms with van der Waals surface area (Å²) in [5.41, 5.74) is 2.47. The van der Waals surface area contributed by atoms with E-state index < -0.39 is 0 Å². The maximum Gasteiger partial charge on any atom is 0.263 e. The van der Waals surface area contributed by atoms with Crippen LogP contribution in [0.4, 0.5) is 0 Å². The van der Waals surface area contributed by atoms with Gasteiger partial charge in [-0.1, -0.05) is 49.0 Å². The van der Waals surface area contributed by atoms with Crippen molar-refractivity contribution in [1.82, 2.24) is 9.55 Å². The fraction of sp³-hybridized carbons (Fsp3) is 0.409. The molecule has 2 atom stereocenters. The minimum Gasteiger partial charge on any atom is -0.287 e. The third-order valence-electron chi connectivity index (χ3n) is 5.31. The summed E-state index contributed by atoms with van der Waals surface area (Å²) in [5, 5.41) is 10.5. The number of nitrogens with zero attached hydrogens (tertiary/aromatic N) is 3. The molecule has 144 valence electrons. The predicted octanol–water partition coefficient (Wildman–Crippen LogP) is 4.83. The second kappa shape index (κ2) is 8.10. The third-order valence-corrected chi connectivity index (χ3v) is 7.44. The zero-order chi connectivity index (χ0) is 19.7. The summed E-state index contributed by atoms with van der Waals surface area (Å²) < 4.78 is 1.79. The van der Waals surface area contributed by atoms with E-state index in [1.165, 1.54) is 27.8 Å². The smallest absolute Gasteiger partial charge is 0.263 e. The first-order valence-corrected chi connectivity index (χ1v) is 11.4. The van der Waals surface area contributed by atoms with E-state index in [4.69, 9.17) is 4.98 Å². The van der Waals surface area contributed by atoms with Crippen molar-refractivity contribution < 1.29 is 0 Å². The highest BCUT2D eigenvalue weighted by Gasteiger charge is 2.25. The zero-order valence-electron chi connectivity index (χ0n) is 16.1. The molecule has 1 aliphatic rings. The highest BCUT2D eigenvalue weighted by atomic mass is 32.2. The number of nitriles is 1. The summed E-state index contributed by atoms with van der Waals surface area (Å²) >= 11 is 3.05. The number of fused-ring (bicyclic) bond motifs is 3. The quantitative estimate of drug-likeness (QED) is 0.447. The minimum absolute atomic E-state index is 0.0561. The standard InChI is InChI=1S/C22H23N3OS2/c1-14-8-9-17-18(12-14)28-20-19(17)21(26)25(22(24-20)27-15(2)13-23)11-10-16-6-4-3-5-7-16/h3-7,14-15H,8-12H2,1-2H3/t14-,15+/m0/s1. The van der Waals surface area contributed by atoms with Crippen LogP contribution in [0, 0.1) is 17.2 Å². The Morgan fingerprint density at radius 2 is 2.18 bits per heavy atom. The average molecular weight is 410 g/mol. The number of rotatable bonds is 5. The first-order chi connectivity index (χ1) is 13.6. The second-order valence-electron chi connectivity index (χ2n) is 7.51. The Kier molecular flexibility index (Phi) is 5.56. The van der Waals surface area contributed by atoms with Crippen LogP contribution in [0.1, 0.15) is 36.3 Å². The summed E-state index contributed by atoms with van der Waals surface area (Å²) in [6.45, 7) is 4.70. The largest absolute Gasteiger partial charge is 0.287 e. The number of thioether (sulfide) groups is 1. The molecule has 0 amide bonds. The van der Waals surface area contributed by atoms with Gasteiger partial charge in [0.05, 0.1) is 16.7 Å². The van der Waals surface area contributed by atoms with Crippen LogP contribution in [-0.4, -0.2) is 14.8 Å². The van der Waals surface area contributed by atoms with Gasteiger partial charge in [0, 0.05) is 11.4 Å². The molecule has 4 rings (SSSR count). The van der Waals surface area contributed by atoms with Gasteiger partial charge in [-0.15, -0.1) is 11.3 Å². The topological polar surface area (TPSA) is 58.7 Å². The molecule has 0 unspecified atom stereocenters. The van der Waals surface area contributed by atoms with Crippen molar-refractivity contribution in [3.05, 3.63) is 56.7 Å². The van der Waals surface area contributed by atoms with Crippen molar-refractivity contribution >= 4 is 33.3 Å². The van der Waals surface area contributed by atoms with E-state index in [9.17, 15) is 10.1 Å². The van der Waals surface area contributed by atoms with E-state index in [0.717, 1.165) is 35.9 Å². The maximum absolute atomic E-state index is 13.5. The first-order valence-electron chi connectivity index (χ1n) is 9.72. The number of hydrogen-bond acceptors (Lipinski definition) is 5. The van der Waals surface area contributed by atoms with Crippen molar-refractivity contribution in [1.29, 1.82) is 5.26 Å². The number of thiophene rings is 1. The molecule has 0 bridgehead atoms. The number of benzene rings is 1. The molecule has 0 aliphatic heterocycles. The van der Waals surface area contributed by atoms with Crippen LogP contribution in [0.3, 0.4) is 0 Å². The fourth-order valence-electron chi connectivity index (χ4n) is 3.76. The highest BCUT2D eigenvalue weighted by Crippen LogP contribution is 2.36. The van der Waals surface area contributed by atoms with E-state index in [1.54, 1.807) is 15.9 Å². The normalized spacial score (nSPS) is 17.2. The van der Waals surface area contributed by atoms with Gasteiger partial charge in [0.1, 0.15) is 4.83 Å². The van der Waals surface area contributed by atoms with E-state index in [-0.39, 0.29) is 10.8 Å². The van der Waals surface area contributed by atoms with Gasteiger partial charge < -0.3 is 0 Å². The van der Waals surface area contributed by atoms with E-state index in [1.807, 2.05) is 25.1 Å². The molecule has 4 nitrogen and oxygen atoms in total. The molecule has 1 aliphatic carbocycles. The lowest BCUT2D eigenvalue weighted by molar-refractivity contribution is 0.508. The summed E-state index contributed by atoms with van der Waals surface area (Å²) in [4.78, 5) is 20.5. The lowest BCUT2D eigenvalue weighted by Crippen LogP contribution is -2.25. The lowest BCUT2D eigenvalue weighted by atomic mass is 9.89. The van der Waals surface area contributed by atoms with Gasteiger partial charge in [-0.2, -0.15) is 5.26 Å². The lowest BCUT2D eigenvalue weighted by Gasteiger charge is -2.18. The van der Waals surface area contributed by atoms with Crippen LogP contribution in [0.5, 0.6) is 0 Å². The Morgan fingerprint density at radius 3 is 2.93 bits per heavy atom. The van der Waals surface area contributed by atoms with Gasteiger partial charge in [0.2, 0.25) is 0 Å². The van der Waals surface area contributed by atoms with Crippen LogP contribution in [0.15, 0.2) is 40.3 Å². The third kappa shape index (κ3) is 3.74. The molecule has 3 aromatic rings. The minimum atomic E-state index is -0.248. The Labute approximate surface area is 173 Å². The second-order valence-corrected chi connectivity index (χ2v) is 9.90. The van der Waals surface area contributed by atoms with Gasteiger partial charge in [-0.25, -0.2) is 4.98 Å². The van der Waals surface area contributed by atoms with Crippen molar-refractivity contribution in [3.63, 3.8) is 0 Å². The van der Waals surface area contributed by atoms with Crippen LogP contribution in [0.2, 0.25) is 0 Å². The molecule has 2 aromatic heterocycles. The van der Waals surface area contributed by atoms with Crippen molar-refractivity contribution in [2.24, 2.45) is 5.92 Å². The zero-order valence-corrected chi connectivity index (χ0v) is 17.8. The number of aryl methyl sites for hydroxylation is 2. The van der Waals surface area contributed by atoms with Gasteiger partial charge in [-0.05, 0) is 49.7 Å². The molecule has 0 saturated heterocycles. The Hall–Kier alpha value is -2.10. The molecule has 6 heteroatoms. The Morgan fingerprint density at radius 1 is 1.39 bits per heavy atom. The Bertz CT molecular complexity index is 1090.